The van der Waals surface area contributed by atoms with Crippen molar-refractivity contribution in [2.24, 2.45) is 0 Å². The Morgan fingerprint density at radius 3 is 2.75 bits per heavy atom. The van der Waals surface area contributed by atoms with Gasteiger partial charge in [0.05, 0.1) is 11.3 Å². The standard InChI is InChI=1S/C15H19FN2O2/c1-15(2,3)20-14(19)18-10-5-4-7-11-12(16)8-6-9-13(11)17/h6,8-9H,5,10,17H2,1-3H3,(H,18,19). The van der Waals surface area contributed by atoms with Crippen LogP contribution in [0.5, 0.6) is 0 Å². The molecule has 0 radical (unpaired) electrons. The van der Waals surface area contributed by atoms with Crippen molar-refractivity contribution in [3.8, 4) is 11.8 Å². The number of nitrogen functional groups attached to an aromatic ring is 1. The second kappa shape index (κ2) is 6.80. The van der Waals surface area contributed by atoms with Crippen molar-refractivity contribution < 1.29 is 13.9 Å². The highest BCUT2D eigenvalue weighted by Crippen LogP contribution is 2.13. The number of ether oxygens (including phenoxy) is 1. The van der Waals surface area contributed by atoms with Gasteiger partial charge < -0.3 is 15.8 Å². The maximum atomic E-state index is 13.4. The van der Waals surface area contributed by atoms with Gasteiger partial charge in [-0.15, -0.1) is 0 Å². The van der Waals surface area contributed by atoms with Crippen LogP contribution in [0, 0.1) is 17.7 Å². The molecule has 0 aliphatic rings. The molecule has 0 saturated heterocycles. The summed E-state index contributed by atoms with van der Waals surface area (Å²) < 4.78 is 18.5. The van der Waals surface area contributed by atoms with Crippen LogP contribution >= 0.6 is 0 Å². The van der Waals surface area contributed by atoms with E-state index in [9.17, 15) is 9.18 Å². The van der Waals surface area contributed by atoms with Crippen molar-refractivity contribution in [2.75, 3.05) is 12.3 Å². The minimum atomic E-state index is -0.530. The number of anilines is 1. The minimum absolute atomic E-state index is 0.185. The zero-order valence-corrected chi connectivity index (χ0v) is 11.9. The third-order valence-electron chi connectivity index (χ3n) is 2.18. The van der Waals surface area contributed by atoms with Crippen molar-refractivity contribution in [3.05, 3.63) is 29.6 Å². The van der Waals surface area contributed by atoms with Gasteiger partial charge in [0.1, 0.15) is 11.4 Å². The molecule has 0 aliphatic carbocycles. The lowest BCUT2D eigenvalue weighted by molar-refractivity contribution is 0.0529. The molecule has 4 nitrogen and oxygen atoms in total. The van der Waals surface area contributed by atoms with Crippen LogP contribution < -0.4 is 11.1 Å². The molecule has 0 heterocycles. The monoisotopic (exact) mass is 278 g/mol. The predicted molar refractivity (Wildman–Crippen MR) is 76.5 cm³/mol. The molecule has 0 saturated carbocycles. The van der Waals surface area contributed by atoms with E-state index in [0.717, 1.165) is 0 Å². The van der Waals surface area contributed by atoms with Gasteiger partial charge in [-0.2, -0.15) is 0 Å². The van der Waals surface area contributed by atoms with Crippen LogP contribution in [0.2, 0.25) is 0 Å². The van der Waals surface area contributed by atoms with E-state index in [4.69, 9.17) is 10.5 Å². The first-order valence-electron chi connectivity index (χ1n) is 6.29. The number of amides is 1. The van der Waals surface area contributed by atoms with E-state index in [1.165, 1.54) is 12.1 Å². The van der Waals surface area contributed by atoms with Gasteiger partial charge in [-0.25, -0.2) is 9.18 Å². The molecular formula is C15H19FN2O2. The Kier molecular flexibility index (Phi) is 5.39. The molecule has 0 unspecified atom stereocenters. The van der Waals surface area contributed by atoms with Crippen molar-refractivity contribution in [1.82, 2.24) is 5.32 Å². The summed E-state index contributed by atoms with van der Waals surface area (Å²) in [5.74, 6) is 4.98. The molecule has 0 spiro atoms. The largest absolute Gasteiger partial charge is 0.444 e. The molecule has 0 atom stereocenters. The fourth-order valence-electron chi connectivity index (χ4n) is 1.36. The Bertz CT molecular complexity index is 519. The van der Waals surface area contributed by atoms with Gasteiger partial charge in [-0.3, -0.25) is 0 Å². The zero-order valence-electron chi connectivity index (χ0n) is 11.9. The molecule has 0 aliphatic heterocycles. The molecule has 3 N–H and O–H groups in total. The number of halogens is 1. The van der Waals surface area contributed by atoms with Crippen LogP contribution in [0.1, 0.15) is 32.8 Å². The fraction of sp³-hybridized carbons (Fsp3) is 0.400. The quantitative estimate of drug-likeness (QED) is 0.496. The van der Waals surface area contributed by atoms with Crippen molar-refractivity contribution in [1.29, 1.82) is 0 Å². The number of rotatable bonds is 2. The number of alkyl carbamates (subject to hydrolysis) is 1. The van der Waals surface area contributed by atoms with Gasteiger partial charge >= 0.3 is 6.09 Å². The molecule has 5 heteroatoms. The maximum Gasteiger partial charge on any atom is 0.407 e. The van der Waals surface area contributed by atoms with Crippen molar-refractivity contribution in [2.45, 2.75) is 32.8 Å². The van der Waals surface area contributed by atoms with E-state index in [1.54, 1.807) is 26.8 Å². The van der Waals surface area contributed by atoms with E-state index >= 15 is 0 Å². The Hall–Kier alpha value is -2.22. The molecule has 0 bridgehead atoms. The highest BCUT2D eigenvalue weighted by atomic mass is 19.1. The fourth-order valence-corrected chi connectivity index (χ4v) is 1.36. The second-order valence-electron chi connectivity index (χ2n) is 5.18. The third-order valence-corrected chi connectivity index (χ3v) is 2.18. The van der Waals surface area contributed by atoms with E-state index in [1.807, 2.05) is 0 Å². The molecule has 1 rings (SSSR count). The first-order valence-corrected chi connectivity index (χ1v) is 6.29. The molecule has 0 fully saturated rings. The summed E-state index contributed by atoms with van der Waals surface area (Å²) >= 11 is 0. The van der Waals surface area contributed by atoms with E-state index < -0.39 is 17.5 Å². The Labute approximate surface area is 118 Å². The summed E-state index contributed by atoms with van der Waals surface area (Å²) in [6, 6.07) is 4.42. The Morgan fingerprint density at radius 1 is 1.45 bits per heavy atom. The first kappa shape index (κ1) is 15.8. The topological polar surface area (TPSA) is 64.3 Å². The minimum Gasteiger partial charge on any atom is -0.444 e. The highest BCUT2D eigenvalue weighted by molar-refractivity contribution is 5.67. The van der Waals surface area contributed by atoms with Crippen LogP contribution in [0.4, 0.5) is 14.9 Å². The normalized spacial score (nSPS) is 10.4. The average Bonchev–Trinajstić information content (AvgIpc) is 2.29. The SMILES string of the molecule is CC(C)(C)OC(=O)NCCC#Cc1c(N)cccc1F. The summed E-state index contributed by atoms with van der Waals surface area (Å²) in [6.07, 6.45) is -0.114. The van der Waals surface area contributed by atoms with E-state index in [2.05, 4.69) is 17.2 Å². The third kappa shape index (κ3) is 5.61. The van der Waals surface area contributed by atoms with Gasteiger partial charge in [0.2, 0.25) is 0 Å². The Morgan fingerprint density at radius 2 is 2.15 bits per heavy atom. The molecule has 1 amide bonds. The molecule has 20 heavy (non-hydrogen) atoms. The van der Waals surface area contributed by atoms with Crippen LogP contribution in [-0.4, -0.2) is 18.2 Å². The number of hydrogen-bond acceptors (Lipinski definition) is 3. The van der Waals surface area contributed by atoms with Gasteiger partial charge in [-0.05, 0) is 32.9 Å². The summed E-state index contributed by atoms with van der Waals surface area (Å²) in [4.78, 5) is 11.3. The van der Waals surface area contributed by atoms with Gasteiger partial charge in [0.25, 0.3) is 0 Å². The lowest BCUT2D eigenvalue weighted by atomic mass is 10.1. The smallest absolute Gasteiger partial charge is 0.407 e. The van der Waals surface area contributed by atoms with Crippen LogP contribution in [-0.2, 0) is 4.74 Å². The van der Waals surface area contributed by atoms with Gasteiger partial charge in [0.15, 0.2) is 0 Å². The lowest BCUT2D eigenvalue weighted by Crippen LogP contribution is -2.32. The number of hydrogen-bond donors (Lipinski definition) is 2. The second-order valence-corrected chi connectivity index (χ2v) is 5.18. The van der Waals surface area contributed by atoms with Crippen LogP contribution in [0.3, 0.4) is 0 Å². The van der Waals surface area contributed by atoms with E-state index in [0.29, 0.717) is 18.7 Å². The Balaban J connectivity index is 2.43. The van der Waals surface area contributed by atoms with Crippen molar-refractivity contribution in [3.63, 3.8) is 0 Å². The molecular weight excluding hydrogens is 259 g/mol. The van der Waals surface area contributed by atoms with Crippen LogP contribution in [0.15, 0.2) is 18.2 Å². The zero-order chi connectivity index (χ0) is 15.2. The number of carbonyl (C=O) groups excluding carboxylic acids is 1. The van der Waals surface area contributed by atoms with Gasteiger partial charge in [0, 0.05) is 13.0 Å². The number of carbonyl (C=O) groups is 1. The number of nitrogens with one attached hydrogen (secondary N) is 1. The molecule has 0 aromatic heterocycles. The van der Waals surface area contributed by atoms with Crippen LogP contribution in [0.25, 0.3) is 0 Å². The molecule has 1 aromatic rings. The average molecular weight is 278 g/mol. The summed E-state index contributed by atoms with van der Waals surface area (Å²) in [7, 11) is 0. The summed E-state index contributed by atoms with van der Waals surface area (Å²) in [5, 5.41) is 2.57. The van der Waals surface area contributed by atoms with Gasteiger partial charge in [-0.1, -0.05) is 17.9 Å². The number of nitrogens with two attached hydrogens (primary N) is 1. The highest BCUT2D eigenvalue weighted by Gasteiger charge is 2.15. The van der Waals surface area contributed by atoms with Crippen molar-refractivity contribution >= 4 is 11.8 Å². The van der Waals surface area contributed by atoms with E-state index in [-0.39, 0.29) is 5.56 Å². The number of benzene rings is 1. The summed E-state index contributed by atoms with van der Waals surface area (Å²) in [5.41, 5.74) is 5.58. The lowest BCUT2D eigenvalue weighted by Gasteiger charge is -2.19. The summed E-state index contributed by atoms with van der Waals surface area (Å²) in [6.45, 7) is 5.68. The predicted octanol–water partition coefficient (Wildman–Crippen LogP) is 2.67. The molecule has 108 valence electrons. The first-order chi connectivity index (χ1) is 9.29. The maximum absolute atomic E-state index is 13.4. The molecule has 1 aromatic carbocycles.